The van der Waals surface area contributed by atoms with Gasteiger partial charge in [0.25, 0.3) is 0 Å². The summed E-state index contributed by atoms with van der Waals surface area (Å²) in [6.07, 6.45) is 16.6. The smallest absolute Gasteiger partial charge is 0.211 e. The number of phenolic OH excluding ortho intramolecular Hbond substituents is 1. The predicted octanol–water partition coefficient (Wildman–Crippen LogP) is 14.0. The van der Waals surface area contributed by atoms with Gasteiger partial charge in [0.15, 0.2) is 15.5 Å². The molecule has 0 spiro atoms. The molecule has 326 valence electrons. The molecule has 1 N–H and O–H groups in total. The van der Waals surface area contributed by atoms with E-state index >= 15 is 0 Å². The van der Waals surface area contributed by atoms with Crippen LogP contribution in [0.3, 0.4) is 0 Å². The number of benzene rings is 6. The van der Waals surface area contributed by atoms with Crippen molar-refractivity contribution in [2.75, 3.05) is 54.5 Å². The first-order valence-corrected chi connectivity index (χ1v) is 28.1. The molecule has 0 saturated carbocycles. The van der Waals surface area contributed by atoms with Gasteiger partial charge >= 0.3 is 0 Å². The molecule has 0 amide bonds. The molecule has 61 heavy (non-hydrogen) atoms. The Hall–Kier alpha value is -3.78. The Kier molecular flexibility index (Phi) is 20.6. The molecule has 1 heterocycles. The van der Waals surface area contributed by atoms with Crippen molar-refractivity contribution in [1.29, 1.82) is 0 Å². The summed E-state index contributed by atoms with van der Waals surface area (Å²) in [5.41, 5.74) is 0.883. The number of carbonyl (C=O) groups excluding carboxylic acids is 1. The molecular weight excluding hydrogens is 809 g/mol. The van der Waals surface area contributed by atoms with E-state index in [0.29, 0.717) is 22.4 Å². The number of ketones is 1. The average molecular weight is 880 g/mol. The Bertz CT molecular complexity index is 2240. The summed E-state index contributed by atoms with van der Waals surface area (Å²) < 4.78 is 12.5. The normalized spacial score (nSPS) is 12.7. The number of fused-ring (bicyclic) bond motifs is 3. The monoisotopic (exact) mass is 879 g/mol. The van der Waals surface area contributed by atoms with Crippen molar-refractivity contribution in [2.24, 2.45) is 0 Å². The van der Waals surface area contributed by atoms with Crippen molar-refractivity contribution < 1.29 is 19.4 Å². The van der Waals surface area contributed by atoms with Crippen molar-refractivity contribution >= 4 is 70.8 Å². The highest BCUT2D eigenvalue weighted by atomic mass is 32.2. The van der Waals surface area contributed by atoms with Crippen LogP contribution in [0, 0.1) is 0 Å². The first-order valence-electron chi connectivity index (χ1n) is 22.7. The van der Waals surface area contributed by atoms with Gasteiger partial charge in [-0.1, -0.05) is 120 Å². The Morgan fingerprint density at radius 2 is 1.23 bits per heavy atom. The van der Waals surface area contributed by atoms with E-state index in [9.17, 15) is 9.90 Å². The lowest BCUT2D eigenvalue weighted by atomic mass is 10.1. The highest BCUT2D eigenvalue weighted by Crippen LogP contribution is 2.39. The van der Waals surface area contributed by atoms with Crippen LogP contribution in [0.1, 0.15) is 102 Å². The second-order valence-corrected chi connectivity index (χ2v) is 22.7. The number of ether oxygens (including phenoxy) is 2. The van der Waals surface area contributed by atoms with Gasteiger partial charge in [0.1, 0.15) is 52.8 Å². The van der Waals surface area contributed by atoms with E-state index in [1.165, 1.54) is 98.3 Å². The van der Waals surface area contributed by atoms with Gasteiger partial charge in [-0.05, 0) is 108 Å². The summed E-state index contributed by atoms with van der Waals surface area (Å²) >= 11 is 0. The Morgan fingerprint density at radius 1 is 0.607 bits per heavy atom. The van der Waals surface area contributed by atoms with Crippen LogP contribution in [-0.4, -0.2) is 65.4 Å². The number of aromatic hydroxyl groups is 1. The number of unbranched alkanes of at least 4 members (excludes halogenated alkanes) is 4. The van der Waals surface area contributed by atoms with Gasteiger partial charge < -0.3 is 14.6 Å². The van der Waals surface area contributed by atoms with Gasteiger partial charge in [0.2, 0.25) is 5.78 Å². The highest BCUT2D eigenvalue weighted by Gasteiger charge is 2.28. The summed E-state index contributed by atoms with van der Waals surface area (Å²) in [4.78, 5) is 15.1. The van der Waals surface area contributed by atoms with Gasteiger partial charge in [-0.3, -0.25) is 4.79 Å². The maximum absolute atomic E-state index is 12.3. The third kappa shape index (κ3) is 14.4. The van der Waals surface area contributed by atoms with Crippen LogP contribution in [0.5, 0.6) is 17.2 Å². The number of hydrogen-bond donors (Lipinski definition) is 1. The second-order valence-electron chi connectivity index (χ2n) is 16.1. The zero-order chi connectivity index (χ0) is 43.4. The predicted molar refractivity (Wildman–Crippen MR) is 273 cm³/mol. The van der Waals surface area contributed by atoms with Crippen LogP contribution >= 0.6 is 0 Å². The van der Waals surface area contributed by atoms with Gasteiger partial charge in [0.05, 0.1) is 18.6 Å². The minimum atomic E-state index is 0.227. The number of carbonyl (C=O) groups is 1. The lowest BCUT2D eigenvalue weighted by Gasteiger charge is -2.17. The first kappa shape index (κ1) is 48.3. The Labute approximate surface area is 376 Å². The topological polar surface area (TPSA) is 55.8 Å². The van der Waals surface area contributed by atoms with Crippen LogP contribution < -0.4 is 9.47 Å². The van der Waals surface area contributed by atoms with Crippen LogP contribution in [-0.2, 0) is 32.7 Å². The molecule has 1 fully saturated rings. The molecule has 1 saturated heterocycles. The summed E-state index contributed by atoms with van der Waals surface area (Å²) in [5, 5.41) is 16.7. The lowest BCUT2D eigenvalue weighted by molar-refractivity contribution is 0.102. The number of rotatable bonds is 19. The molecule has 1 aliphatic rings. The van der Waals surface area contributed by atoms with Crippen LogP contribution in [0.4, 0.5) is 0 Å². The summed E-state index contributed by atoms with van der Waals surface area (Å²) in [7, 11) is 0.855. The Balaban J connectivity index is 0.000000187. The molecule has 0 atom stereocenters. The molecule has 0 radical (unpaired) electrons. The second kappa shape index (κ2) is 26.0. The van der Waals surface area contributed by atoms with Gasteiger partial charge in [0, 0.05) is 38.1 Å². The fourth-order valence-electron chi connectivity index (χ4n) is 7.49. The molecule has 6 aromatic carbocycles. The van der Waals surface area contributed by atoms with Gasteiger partial charge in [-0.15, -0.1) is 0 Å². The van der Waals surface area contributed by atoms with Crippen LogP contribution in [0.2, 0.25) is 0 Å². The average Bonchev–Trinajstić information content (AvgIpc) is 3.80. The zero-order valence-electron chi connectivity index (χ0n) is 37.8. The van der Waals surface area contributed by atoms with E-state index in [2.05, 4.69) is 107 Å². The van der Waals surface area contributed by atoms with E-state index in [-0.39, 0.29) is 21.8 Å². The minimum Gasteiger partial charge on any atom is -0.508 e. The van der Waals surface area contributed by atoms with Crippen molar-refractivity contribution in [3.63, 3.8) is 0 Å². The molecule has 0 bridgehead atoms. The van der Waals surface area contributed by atoms with E-state index < -0.39 is 0 Å². The van der Waals surface area contributed by atoms with E-state index in [4.69, 9.17) is 9.47 Å². The van der Waals surface area contributed by atoms with Gasteiger partial charge in [-0.25, -0.2) is 0 Å². The van der Waals surface area contributed by atoms with E-state index in [1.807, 2.05) is 36.4 Å². The zero-order valence-corrected chi connectivity index (χ0v) is 40.3. The highest BCUT2D eigenvalue weighted by molar-refractivity contribution is 7.97. The number of Topliss-reactive ketones (excluding diaryl/α,β-unsaturated/α-hetero) is 1. The molecule has 7 heteroatoms. The molecule has 0 unspecified atom stereocenters. The fraction of sp³-hybridized carbons (Fsp3) is 0.426. The van der Waals surface area contributed by atoms with E-state index in [0.717, 1.165) is 67.1 Å². The maximum atomic E-state index is 12.3. The molecule has 6 aromatic rings. The quantitative estimate of drug-likeness (QED) is 0.0500. The first-order chi connectivity index (χ1) is 29.8. The summed E-state index contributed by atoms with van der Waals surface area (Å²) in [6, 6.07) is 37.1. The largest absolute Gasteiger partial charge is 0.508 e. The SMILES string of the molecule is CCCCOc1ccc([S+](CCCC)CCCC)c2c(OCCCC)cccc12.C[S+](C)c1cccc2ccc(O)cc12.O=C(C[S+]1CCCC1)c1ccc2ccccc2c1. The molecule has 0 aliphatic carbocycles. The molecular formula is C54H71O4S3+3. The Morgan fingerprint density at radius 3 is 1.90 bits per heavy atom. The number of hydrogen-bond acceptors (Lipinski definition) is 4. The van der Waals surface area contributed by atoms with Crippen molar-refractivity contribution in [1.82, 2.24) is 0 Å². The molecule has 1 aliphatic heterocycles. The summed E-state index contributed by atoms with van der Waals surface area (Å²) in [6.45, 7) is 10.6. The fourth-order valence-corrected chi connectivity index (χ4v) is 13.4. The van der Waals surface area contributed by atoms with Crippen molar-refractivity contribution in [3.8, 4) is 17.2 Å². The molecule has 7 rings (SSSR count). The third-order valence-electron chi connectivity index (χ3n) is 11.0. The minimum absolute atomic E-state index is 0.227. The van der Waals surface area contributed by atoms with Crippen LogP contribution in [0.15, 0.2) is 119 Å². The molecule has 0 aromatic heterocycles. The summed E-state index contributed by atoms with van der Waals surface area (Å²) in [5.74, 6) is 8.57. The van der Waals surface area contributed by atoms with E-state index in [1.54, 1.807) is 6.07 Å². The molecule has 4 nitrogen and oxygen atoms in total. The van der Waals surface area contributed by atoms with Crippen LogP contribution in [0.25, 0.3) is 32.3 Å². The number of phenols is 1. The third-order valence-corrected chi connectivity index (χ3v) is 17.2. The van der Waals surface area contributed by atoms with Crippen molar-refractivity contribution in [3.05, 3.63) is 115 Å². The standard InChI is InChI=1S/C26H41O2S.C16H17OS.C12H12OS/c1-5-9-18-27-23-16-17-25(29(20-11-7-3)21-12-8-4)26-22(23)14-13-15-24(26)28-19-10-6-2;17-16(12-18-9-3-4-10-18)15-8-7-13-5-1-2-6-14(13)11-15;1-14(2)12-5-3-4-9-6-7-10(13)8-11(9)12/h13-17H,5-12,18-21H2,1-4H3;1-2,5-8,11H,3-4,9-10,12H2;3-8H,1-2H3/q2*+1;/p+1. The lowest BCUT2D eigenvalue weighted by Crippen LogP contribution is -2.17. The maximum Gasteiger partial charge on any atom is 0.211 e. The van der Waals surface area contributed by atoms with Crippen molar-refractivity contribution in [2.45, 2.75) is 102 Å². The van der Waals surface area contributed by atoms with Gasteiger partial charge in [-0.2, -0.15) is 0 Å².